The smallest absolute Gasteiger partial charge is 0.321 e. The second-order valence-corrected chi connectivity index (χ2v) is 6.65. The van der Waals surface area contributed by atoms with Gasteiger partial charge in [0.15, 0.2) is 11.0 Å². The van der Waals surface area contributed by atoms with Gasteiger partial charge in [-0.15, -0.1) is 11.3 Å². The normalized spacial score (nSPS) is 10.7. The third-order valence-corrected chi connectivity index (χ3v) is 4.35. The van der Waals surface area contributed by atoms with Gasteiger partial charge < -0.3 is 5.32 Å². The molecule has 0 saturated heterocycles. The lowest BCUT2D eigenvalue weighted by atomic mass is 10.1. The lowest BCUT2D eigenvalue weighted by Gasteiger charge is -2.02. The lowest BCUT2D eigenvalue weighted by molar-refractivity contribution is 0.251. The summed E-state index contributed by atoms with van der Waals surface area (Å²) in [7, 11) is 0. The van der Waals surface area contributed by atoms with Crippen LogP contribution in [0.2, 0.25) is 0 Å². The van der Waals surface area contributed by atoms with Crippen molar-refractivity contribution in [1.29, 1.82) is 0 Å². The molecule has 1 aromatic carbocycles. The van der Waals surface area contributed by atoms with Crippen LogP contribution in [-0.2, 0) is 13.0 Å². The van der Waals surface area contributed by atoms with Gasteiger partial charge in [0.25, 0.3) is 0 Å². The van der Waals surface area contributed by atoms with Crippen LogP contribution in [0, 0.1) is 19.7 Å². The van der Waals surface area contributed by atoms with E-state index in [1.165, 1.54) is 17.4 Å². The van der Waals surface area contributed by atoms with E-state index >= 15 is 0 Å². The molecule has 2 amide bonds. The number of aromatic amines is 1. The highest BCUT2D eigenvalue weighted by atomic mass is 32.1. The summed E-state index contributed by atoms with van der Waals surface area (Å²) in [4.78, 5) is 21.1. The Labute approximate surface area is 147 Å². The molecule has 3 N–H and O–H groups in total. The van der Waals surface area contributed by atoms with Crippen LogP contribution in [0.1, 0.15) is 27.7 Å². The number of rotatable bonds is 5. The number of carbonyl (C=O) groups excluding carboxylic acids is 1. The first-order chi connectivity index (χ1) is 12.0. The molecule has 0 spiro atoms. The SMILES string of the molecule is Cc1nc(CNC(=O)Nc2ncc(Cc3ccc(C)c(F)c3)s2)n[nH]1. The summed E-state index contributed by atoms with van der Waals surface area (Å²) >= 11 is 1.35. The average molecular weight is 360 g/mol. The van der Waals surface area contributed by atoms with Gasteiger partial charge in [-0.3, -0.25) is 10.4 Å². The first kappa shape index (κ1) is 17.0. The summed E-state index contributed by atoms with van der Waals surface area (Å²) in [5.74, 6) is 0.977. The number of aryl methyl sites for hydroxylation is 2. The van der Waals surface area contributed by atoms with E-state index in [4.69, 9.17) is 0 Å². The maximum absolute atomic E-state index is 13.6. The van der Waals surface area contributed by atoms with Crippen molar-refractivity contribution >= 4 is 22.5 Å². The first-order valence-corrected chi connectivity index (χ1v) is 8.44. The van der Waals surface area contributed by atoms with Crippen LogP contribution >= 0.6 is 11.3 Å². The number of anilines is 1. The zero-order valence-corrected chi connectivity index (χ0v) is 14.6. The Bertz CT molecular complexity index is 890. The Morgan fingerprint density at radius 3 is 2.92 bits per heavy atom. The van der Waals surface area contributed by atoms with Gasteiger partial charge in [-0.1, -0.05) is 12.1 Å². The quantitative estimate of drug-likeness (QED) is 0.652. The van der Waals surface area contributed by atoms with Gasteiger partial charge in [-0.05, 0) is 31.0 Å². The highest BCUT2D eigenvalue weighted by Crippen LogP contribution is 2.22. The molecule has 3 rings (SSSR count). The minimum atomic E-state index is -0.385. The van der Waals surface area contributed by atoms with E-state index in [0.29, 0.717) is 28.8 Å². The van der Waals surface area contributed by atoms with Crippen molar-refractivity contribution in [3.8, 4) is 0 Å². The number of carbonyl (C=O) groups is 1. The second kappa shape index (κ2) is 7.39. The standard InChI is InChI=1S/C16H17FN6OS/c1-9-3-4-11(6-13(9)17)5-12-7-19-16(25-12)21-15(24)18-8-14-20-10(2)22-23-14/h3-4,6-7H,5,8H2,1-2H3,(H,20,22,23)(H2,18,19,21,24). The summed E-state index contributed by atoms with van der Waals surface area (Å²) < 4.78 is 13.6. The van der Waals surface area contributed by atoms with Crippen molar-refractivity contribution in [3.63, 3.8) is 0 Å². The molecule has 130 valence electrons. The fraction of sp³-hybridized carbons (Fsp3) is 0.250. The molecule has 0 bridgehead atoms. The number of hydrogen-bond acceptors (Lipinski definition) is 5. The molecule has 0 radical (unpaired) electrons. The molecule has 0 fully saturated rings. The zero-order chi connectivity index (χ0) is 17.8. The number of thiazole rings is 1. The molecule has 0 aliphatic heterocycles. The van der Waals surface area contributed by atoms with E-state index in [0.717, 1.165) is 10.4 Å². The molecule has 0 aliphatic rings. The largest absolute Gasteiger partial charge is 0.330 e. The maximum atomic E-state index is 13.6. The molecule has 2 heterocycles. The minimum Gasteiger partial charge on any atom is -0.330 e. The Morgan fingerprint density at radius 1 is 1.36 bits per heavy atom. The Balaban J connectivity index is 1.53. The molecule has 0 unspecified atom stereocenters. The summed E-state index contributed by atoms with van der Waals surface area (Å²) in [5.41, 5.74) is 1.48. The fourth-order valence-electron chi connectivity index (χ4n) is 2.16. The van der Waals surface area contributed by atoms with Crippen LogP contribution in [0.5, 0.6) is 0 Å². The topological polar surface area (TPSA) is 95.6 Å². The third-order valence-electron chi connectivity index (χ3n) is 3.44. The number of urea groups is 1. The Morgan fingerprint density at radius 2 is 2.20 bits per heavy atom. The van der Waals surface area contributed by atoms with Crippen LogP contribution in [0.4, 0.5) is 14.3 Å². The number of amides is 2. The molecule has 0 atom stereocenters. The van der Waals surface area contributed by atoms with Crippen LogP contribution in [0.3, 0.4) is 0 Å². The van der Waals surface area contributed by atoms with E-state index < -0.39 is 0 Å². The van der Waals surface area contributed by atoms with E-state index in [1.54, 1.807) is 26.1 Å². The third kappa shape index (κ3) is 4.60. The van der Waals surface area contributed by atoms with Gasteiger partial charge in [0.05, 0.1) is 6.54 Å². The Hall–Kier alpha value is -2.81. The molecule has 9 heteroatoms. The van der Waals surface area contributed by atoms with Crippen molar-refractivity contribution in [1.82, 2.24) is 25.5 Å². The number of nitrogens with one attached hydrogen (secondary N) is 3. The predicted octanol–water partition coefficient (Wildman–Crippen LogP) is 2.93. The van der Waals surface area contributed by atoms with Crippen molar-refractivity contribution in [2.45, 2.75) is 26.8 Å². The van der Waals surface area contributed by atoms with Crippen LogP contribution < -0.4 is 10.6 Å². The fourth-order valence-corrected chi connectivity index (χ4v) is 3.00. The van der Waals surface area contributed by atoms with E-state index in [1.807, 2.05) is 6.07 Å². The van der Waals surface area contributed by atoms with E-state index in [2.05, 4.69) is 30.8 Å². The second-order valence-electron chi connectivity index (χ2n) is 5.54. The molecule has 0 aliphatic carbocycles. The molecular weight excluding hydrogens is 343 g/mol. The Kier molecular flexibility index (Phi) is 5.03. The monoisotopic (exact) mass is 360 g/mol. The summed E-state index contributed by atoms with van der Waals surface area (Å²) in [6.45, 7) is 3.73. The van der Waals surface area contributed by atoms with E-state index in [9.17, 15) is 9.18 Å². The van der Waals surface area contributed by atoms with Crippen LogP contribution in [0.25, 0.3) is 0 Å². The molecule has 0 saturated carbocycles. The molecule has 2 aromatic heterocycles. The predicted molar refractivity (Wildman–Crippen MR) is 93.0 cm³/mol. The van der Waals surface area contributed by atoms with Gasteiger partial charge in [0.2, 0.25) is 0 Å². The van der Waals surface area contributed by atoms with Crippen LogP contribution in [-0.4, -0.2) is 26.2 Å². The average Bonchev–Trinajstić information content (AvgIpc) is 3.18. The van der Waals surface area contributed by atoms with Gasteiger partial charge in [-0.2, -0.15) is 5.10 Å². The lowest BCUT2D eigenvalue weighted by Crippen LogP contribution is -2.28. The molecule has 3 aromatic rings. The minimum absolute atomic E-state index is 0.219. The van der Waals surface area contributed by atoms with Gasteiger partial charge in [0.1, 0.15) is 11.6 Å². The summed E-state index contributed by atoms with van der Waals surface area (Å²) in [5, 5.41) is 12.4. The molecule has 7 nitrogen and oxygen atoms in total. The van der Waals surface area contributed by atoms with Crippen molar-refractivity contribution in [3.05, 3.63) is 57.9 Å². The highest BCUT2D eigenvalue weighted by molar-refractivity contribution is 7.15. The van der Waals surface area contributed by atoms with E-state index in [-0.39, 0.29) is 18.4 Å². The number of hydrogen-bond donors (Lipinski definition) is 3. The molecular formula is C16H17FN6OS. The maximum Gasteiger partial charge on any atom is 0.321 e. The van der Waals surface area contributed by atoms with Crippen molar-refractivity contribution < 1.29 is 9.18 Å². The number of nitrogens with zero attached hydrogens (tertiary/aromatic N) is 3. The number of halogens is 1. The summed E-state index contributed by atoms with van der Waals surface area (Å²) in [6, 6.07) is 4.78. The number of H-pyrrole nitrogens is 1. The van der Waals surface area contributed by atoms with Gasteiger partial charge in [-0.25, -0.2) is 19.2 Å². The van der Waals surface area contributed by atoms with Gasteiger partial charge in [0, 0.05) is 17.5 Å². The van der Waals surface area contributed by atoms with Crippen molar-refractivity contribution in [2.75, 3.05) is 5.32 Å². The van der Waals surface area contributed by atoms with Crippen molar-refractivity contribution in [2.24, 2.45) is 0 Å². The molecule has 25 heavy (non-hydrogen) atoms. The zero-order valence-electron chi connectivity index (χ0n) is 13.8. The number of benzene rings is 1. The van der Waals surface area contributed by atoms with Gasteiger partial charge >= 0.3 is 6.03 Å². The van der Waals surface area contributed by atoms with Crippen LogP contribution in [0.15, 0.2) is 24.4 Å². The summed E-state index contributed by atoms with van der Waals surface area (Å²) in [6.07, 6.45) is 2.24. The number of aromatic nitrogens is 4. The first-order valence-electron chi connectivity index (χ1n) is 7.62. The highest BCUT2D eigenvalue weighted by Gasteiger charge is 2.09.